The molecule has 4 nitrogen and oxygen atoms in total. The topological polar surface area (TPSA) is 60.8 Å². The minimum absolute atomic E-state index is 0.0908. The average molecular weight is 432 g/mol. The molecule has 1 saturated carbocycles. The Bertz CT molecular complexity index is 788. The van der Waals surface area contributed by atoms with E-state index in [1.54, 1.807) is 19.0 Å². The number of carbonyl (C=O) groups excluding carboxylic acids is 1. The van der Waals surface area contributed by atoms with Crippen LogP contribution in [0.25, 0.3) is 0 Å². The van der Waals surface area contributed by atoms with Crippen LogP contribution >= 0.6 is 11.6 Å². The maximum absolute atomic E-state index is 11.7. The Kier molecular flexibility index (Phi) is 8.15. The number of hydrogen-bond donors (Lipinski definition) is 2. The van der Waals surface area contributed by atoms with E-state index in [1.165, 1.54) is 5.57 Å². The number of carbonyl (C=O) groups is 1. The fourth-order valence-corrected chi connectivity index (χ4v) is 5.09. The first kappa shape index (κ1) is 23.1. The van der Waals surface area contributed by atoms with Gasteiger partial charge in [0.2, 0.25) is 5.91 Å². The predicted molar refractivity (Wildman–Crippen MR) is 121 cm³/mol. The Labute approximate surface area is 185 Å². The van der Waals surface area contributed by atoms with Crippen LogP contribution in [0, 0.1) is 17.8 Å². The summed E-state index contributed by atoms with van der Waals surface area (Å²) in [5.74, 6) is 1.14. The largest absolute Gasteiger partial charge is 0.392 e. The predicted octanol–water partition coefficient (Wildman–Crippen LogP) is 4.39. The van der Waals surface area contributed by atoms with Crippen LogP contribution in [0.5, 0.6) is 0 Å². The van der Waals surface area contributed by atoms with Crippen LogP contribution in [0.15, 0.2) is 48.1 Å². The van der Waals surface area contributed by atoms with Gasteiger partial charge in [0.25, 0.3) is 0 Å². The van der Waals surface area contributed by atoms with Gasteiger partial charge in [0.05, 0.1) is 12.2 Å². The number of benzene rings is 1. The fraction of sp³-hybridized carbons (Fsp3) is 0.560. The van der Waals surface area contributed by atoms with Crippen LogP contribution in [0.2, 0.25) is 5.02 Å². The van der Waals surface area contributed by atoms with Crippen LogP contribution in [0.1, 0.15) is 44.1 Å². The van der Waals surface area contributed by atoms with Gasteiger partial charge in [-0.2, -0.15) is 0 Å². The molecule has 5 atom stereocenters. The molecule has 0 saturated heterocycles. The number of rotatable bonds is 9. The van der Waals surface area contributed by atoms with Gasteiger partial charge in [-0.1, -0.05) is 47.5 Å². The van der Waals surface area contributed by atoms with Gasteiger partial charge < -0.3 is 15.1 Å². The standard InChI is InChI=1S/C25H34ClNO3/c1-27(2)25(30)9-4-3-6-17-12-19-16-24(29)22(23(19)15-17)11-10-21(28)14-18-7-5-8-20(26)13-18/h5,7-8,10-13,19,21-24,28-29H,3-4,6,9,14-16H2,1-2H3/t19-,21+,22+,23-,24+/m0/s1. The van der Waals surface area contributed by atoms with Crippen LogP contribution in [0.4, 0.5) is 0 Å². The Morgan fingerprint density at radius 3 is 2.87 bits per heavy atom. The molecule has 0 aliphatic heterocycles. The Morgan fingerprint density at radius 2 is 2.13 bits per heavy atom. The summed E-state index contributed by atoms with van der Waals surface area (Å²) in [7, 11) is 3.60. The minimum atomic E-state index is -0.585. The first-order valence-electron chi connectivity index (χ1n) is 11.0. The molecular formula is C25H34ClNO3. The van der Waals surface area contributed by atoms with Crippen molar-refractivity contribution in [1.29, 1.82) is 0 Å². The second kappa shape index (κ2) is 10.6. The monoisotopic (exact) mass is 431 g/mol. The van der Waals surface area contributed by atoms with Gasteiger partial charge in [0.1, 0.15) is 0 Å². The number of aliphatic hydroxyl groups is 2. The second-order valence-electron chi connectivity index (χ2n) is 9.02. The summed E-state index contributed by atoms with van der Waals surface area (Å²) in [5, 5.41) is 21.6. The zero-order valence-electron chi connectivity index (χ0n) is 18.0. The second-order valence-corrected chi connectivity index (χ2v) is 9.46. The maximum Gasteiger partial charge on any atom is 0.222 e. The highest BCUT2D eigenvalue weighted by Gasteiger charge is 2.43. The normalized spacial score (nSPS) is 26.6. The lowest BCUT2D eigenvalue weighted by atomic mass is 9.88. The Hall–Kier alpha value is -1.62. The van der Waals surface area contributed by atoms with E-state index in [1.807, 2.05) is 36.4 Å². The Morgan fingerprint density at radius 1 is 1.33 bits per heavy atom. The summed E-state index contributed by atoms with van der Waals surface area (Å²) in [6.07, 6.45) is 11.2. The van der Waals surface area contributed by atoms with Crippen molar-refractivity contribution >= 4 is 17.5 Å². The number of hydrogen-bond acceptors (Lipinski definition) is 3. The third-order valence-electron chi connectivity index (χ3n) is 6.48. The van der Waals surface area contributed by atoms with E-state index in [4.69, 9.17) is 11.6 Å². The quantitative estimate of drug-likeness (QED) is 0.450. The molecule has 1 aromatic carbocycles. The molecule has 1 fully saturated rings. The van der Waals surface area contributed by atoms with Crippen LogP contribution in [-0.4, -0.2) is 47.3 Å². The zero-order chi connectivity index (χ0) is 21.7. The molecular weight excluding hydrogens is 398 g/mol. The van der Waals surface area contributed by atoms with Crippen molar-refractivity contribution in [3.8, 4) is 0 Å². The van der Waals surface area contributed by atoms with Crippen molar-refractivity contribution in [1.82, 2.24) is 4.90 Å². The molecule has 5 heteroatoms. The molecule has 3 rings (SSSR count). The first-order chi connectivity index (χ1) is 14.3. The number of aliphatic hydroxyl groups excluding tert-OH is 2. The van der Waals surface area contributed by atoms with Crippen molar-refractivity contribution in [3.63, 3.8) is 0 Å². The van der Waals surface area contributed by atoms with Crippen molar-refractivity contribution in [2.75, 3.05) is 14.1 Å². The van der Waals surface area contributed by atoms with Crippen molar-refractivity contribution in [3.05, 3.63) is 58.7 Å². The number of halogens is 1. The van der Waals surface area contributed by atoms with E-state index < -0.39 is 6.10 Å². The highest BCUT2D eigenvalue weighted by Crippen LogP contribution is 2.48. The van der Waals surface area contributed by atoms with Gasteiger partial charge in [0, 0.05) is 37.9 Å². The summed E-state index contributed by atoms with van der Waals surface area (Å²) < 4.78 is 0. The zero-order valence-corrected chi connectivity index (χ0v) is 18.8. The molecule has 2 aliphatic rings. The van der Waals surface area contributed by atoms with Gasteiger partial charge in [-0.15, -0.1) is 0 Å². The van der Waals surface area contributed by atoms with Crippen LogP contribution in [0.3, 0.4) is 0 Å². The first-order valence-corrected chi connectivity index (χ1v) is 11.4. The highest BCUT2D eigenvalue weighted by atomic mass is 35.5. The third-order valence-corrected chi connectivity index (χ3v) is 6.71. The molecule has 1 aromatic rings. The number of amides is 1. The number of unbranched alkanes of at least 4 members (excludes halogenated alkanes) is 1. The lowest BCUT2D eigenvalue weighted by Gasteiger charge is -2.19. The van der Waals surface area contributed by atoms with Gasteiger partial charge >= 0.3 is 0 Å². The SMILES string of the molecule is CN(C)C(=O)CCCCC1=C[C@H]2C[C@@H](O)[C@H](C=C[C@@H](O)Cc3cccc(Cl)c3)[C@H]2C1. The summed E-state index contributed by atoms with van der Waals surface area (Å²) in [6, 6.07) is 7.55. The van der Waals surface area contributed by atoms with E-state index in [0.717, 1.165) is 37.7 Å². The molecule has 0 bridgehead atoms. The molecule has 0 spiro atoms. The number of allylic oxidation sites excluding steroid dienone is 2. The average Bonchev–Trinajstić information content (AvgIpc) is 3.19. The van der Waals surface area contributed by atoms with E-state index >= 15 is 0 Å². The number of nitrogens with zero attached hydrogens (tertiary/aromatic N) is 1. The van der Waals surface area contributed by atoms with Crippen molar-refractivity contribution < 1.29 is 15.0 Å². The molecule has 2 N–H and O–H groups in total. The van der Waals surface area contributed by atoms with Gasteiger partial charge in [0.15, 0.2) is 0 Å². The molecule has 2 aliphatic carbocycles. The van der Waals surface area contributed by atoms with Crippen LogP contribution in [-0.2, 0) is 11.2 Å². The van der Waals surface area contributed by atoms with Gasteiger partial charge in [-0.05, 0) is 61.6 Å². The molecule has 0 radical (unpaired) electrons. The number of fused-ring (bicyclic) bond motifs is 1. The van der Waals surface area contributed by atoms with Crippen LogP contribution < -0.4 is 0 Å². The molecule has 1 amide bonds. The lowest BCUT2D eigenvalue weighted by Crippen LogP contribution is -2.21. The lowest BCUT2D eigenvalue weighted by molar-refractivity contribution is -0.128. The summed E-state index contributed by atoms with van der Waals surface area (Å²) in [6.45, 7) is 0. The summed E-state index contributed by atoms with van der Waals surface area (Å²) >= 11 is 6.02. The fourth-order valence-electron chi connectivity index (χ4n) is 4.87. The minimum Gasteiger partial charge on any atom is -0.392 e. The highest BCUT2D eigenvalue weighted by molar-refractivity contribution is 6.30. The van der Waals surface area contributed by atoms with E-state index in [-0.39, 0.29) is 17.9 Å². The van der Waals surface area contributed by atoms with E-state index in [9.17, 15) is 15.0 Å². The van der Waals surface area contributed by atoms with E-state index in [2.05, 4.69) is 6.08 Å². The van der Waals surface area contributed by atoms with Gasteiger partial charge in [-0.25, -0.2) is 0 Å². The molecule has 30 heavy (non-hydrogen) atoms. The molecule has 0 aromatic heterocycles. The van der Waals surface area contributed by atoms with E-state index in [0.29, 0.717) is 29.7 Å². The molecule has 164 valence electrons. The summed E-state index contributed by atoms with van der Waals surface area (Å²) in [4.78, 5) is 13.3. The molecule has 0 heterocycles. The Balaban J connectivity index is 1.47. The molecule has 0 unspecified atom stereocenters. The van der Waals surface area contributed by atoms with Gasteiger partial charge in [-0.3, -0.25) is 4.79 Å². The van der Waals surface area contributed by atoms with Crippen molar-refractivity contribution in [2.24, 2.45) is 17.8 Å². The summed E-state index contributed by atoms with van der Waals surface area (Å²) in [5.41, 5.74) is 2.47. The smallest absolute Gasteiger partial charge is 0.222 e. The third kappa shape index (κ3) is 6.19. The maximum atomic E-state index is 11.7. The van der Waals surface area contributed by atoms with Crippen molar-refractivity contribution in [2.45, 2.75) is 57.2 Å².